The van der Waals surface area contributed by atoms with Crippen LogP contribution in [0.15, 0.2) is 23.2 Å². The molecule has 3 rings (SSSR count). The van der Waals surface area contributed by atoms with Crippen LogP contribution < -0.4 is 5.32 Å². The number of rotatable bonds is 5. The summed E-state index contributed by atoms with van der Waals surface area (Å²) in [5.41, 5.74) is 4.33. The Hall–Kier alpha value is -1.35. The maximum absolute atomic E-state index is 4.93. The number of nitrogens with one attached hydrogen (secondary N) is 1. The molecule has 1 fully saturated rings. The van der Waals surface area contributed by atoms with Gasteiger partial charge in [0.2, 0.25) is 0 Å². The molecule has 1 aliphatic heterocycles. The van der Waals surface area contributed by atoms with Crippen molar-refractivity contribution in [3.8, 4) is 0 Å². The number of aliphatic imine (C=N–C) groups is 1. The van der Waals surface area contributed by atoms with Crippen molar-refractivity contribution in [2.45, 2.75) is 90.4 Å². The van der Waals surface area contributed by atoms with Crippen molar-refractivity contribution in [2.75, 3.05) is 7.05 Å². The van der Waals surface area contributed by atoms with Gasteiger partial charge in [-0.15, -0.1) is 0 Å². The number of amidine groups is 1. The van der Waals surface area contributed by atoms with Crippen molar-refractivity contribution in [1.82, 2.24) is 10.2 Å². The fourth-order valence-corrected chi connectivity index (χ4v) is 4.37. The van der Waals surface area contributed by atoms with Gasteiger partial charge >= 0.3 is 0 Å². The zero-order valence-corrected chi connectivity index (χ0v) is 16.7. The molecular weight excluding hydrogens is 306 g/mol. The zero-order chi connectivity index (χ0) is 18.0. The van der Waals surface area contributed by atoms with E-state index in [1.165, 1.54) is 42.4 Å². The summed E-state index contributed by atoms with van der Waals surface area (Å²) in [5, 5.41) is 3.64. The SMILES string of the molecule is CC[C@H](C)NC1=NC(C)Cc2c1cccc2C(C)N(C)C1CCCC1. The van der Waals surface area contributed by atoms with Gasteiger partial charge in [0.15, 0.2) is 0 Å². The minimum atomic E-state index is 0.351. The summed E-state index contributed by atoms with van der Waals surface area (Å²) in [4.78, 5) is 7.54. The molecule has 0 radical (unpaired) electrons. The molecule has 0 spiro atoms. The highest BCUT2D eigenvalue weighted by Crippen LogP contribution is 2.33. The number of fused-ring (bicyclic) bond motifs is 1. The molecule has 1 saturated carbocycles. The smallest absolute Gasteiger partial charge is 0.129 e. The van der Waals surface area contributed by atoms with Gasteiger partial charge in [-0.1, -0.05) is 38.0 Å². The molecule has 1 aromatic carbocycles. The van der Waals surface area contributed by atoms with Gasteiger partial charge in [0, 0.05) is 23.7 Å². The van der Waals surface area contributed by atoms with Crippen LogP contribution in [0.3, 0.4) is 0 Å². The van der Waals surface area contributed by atoms with Crippen molar-refractivity contribution in [3.63, 3.8) is 0 Å². The summed E-state index contributed by atoms with van der Waals surface area (Å²) in [6.07, 6.45) is 7.66. The van der Waals surface area contributed by atoms with Crippen molar-refractivity contribution in [3.05, 3.63) is 34.9 Å². The molecule has 0 saturated heterocycles. The highest BCUT2D eigenvalue weighted by atomic mass is 15.2. The Kier molecular flexibility index (Phi) is 5.83. The van der Waals surface area contributed by atoms with Crippen LogP contribution in [0.4, 0.5) is 0 Å². The molecule has 3 atom stereocenters. The van der Waals surface area contributed by atoms with Crippen LogP contribution in [0.1, 0.15) is 82.5 Å². The first-order valence-electron chi connectivity index (χ1n) is 10.2. The number of hydrogen-bond donors (Lipinski definition) is 1. The second-order valence-electron chi connectivity index (χ2n) is 8.14. The van der Waals surface area contributed by atoms with Crippen LogP contribution >= 0.6 is 0 Å². The van der Waals surface area contributed by atoms with E-state index in [1.54, 1.807) is 0 Å². The zero-order valence-electron chi connectivity index (χ0n) is 16.7. The van der Waals surface area contributed by atoms with Gasteiger partial charge in [-0.05, 0) is 64.6 Å². The van der Waals surface area contributed by atoms with Crippen LogP contribution in [0, 0.1) is 0 Å². The molecule has 138 valence electrons. The normalized spacial score (nSPS) is 23.3. The summed E-state index contributed by atoms with van der Waals surface area (Å²) in [7, 11) is 2.32. The van der Waals surface area contributed by atoms with Crippen LogP contribution in [0.25, 0.3) is 0 Å². The first-order chi connectivity index (χ1) is 12.0. The third kappa shape index (κ3) is 3.92. The van der Waals surface area contributed by atoms with Gasteiger partial charge in [0.1, 0.15) is 5.84 Å². The predicted molar refractivity (Wildman–Crippen MR) is 107 cm³/mol. The molecule has 3 nitrogen and oxygen atoms in total. The number of benzene rings is 1. The number of nitrogens with zero attached hydrogens (tertiary/aromatic N) is 2. The fraction of sp³-hybridized carbons (Fsp3) is 0.682. The second-order valence-corrected chi connectivity index (χ2v) is 8.14. The van der Waals surface area contributed by atoms with Crippen molar-refractivity contribution < 1.29 is 0 Å². The minimum absolute atomic E-state index is 0.351. The molecule has 2 unspecified atom stereocenters. The molecule has 0 aromatic heterocycles. The third-order valence-corrected chi connectivity index (χ3v) is 6.27. The lowest BCUT2D eigenvalue weighted by atomic mass is 9.88. The molecule has 3 heteroatoms. The van der Waals surface area contributed by atoms with E-state index < -0.39 is 0 Å². The van der Waals surface area contributed by atoms with Crippen LogP contribution in [-0.2, 0) is 6.42 Å². The van der Waals surface area contributed by atoms with E-state index in [1.807, 2.05) is 0 Å². The van der Waals surface area contributed by atoms with E-state index in [4.69, 9.17) is 4.99 Å². The fourth-order valence-electron chi connectivity index (χ4n) is 4.37. The molecule has 0 bridgehead atoms. The summed E-state index contributed by atoms with van der Waals surface area (Å²) in [6, 6.07) is 8.83. The minimum Gasteiger partial charge on any atom is -0.367 e. The van der Waals surface area contributed by atoms with Crippen molar-refractivity contribution >= 4 is 5.84 Å². The molecule has 1 heterocycles. The lowest BCUT2D eigenvalue weighted by molar-refractivity contribution is 0.186. The molecule has 1 N–H and O–H groups in total. The Morgan fingerprint density at radius 1 is 1.24 bits per heavy atom. The average molecular weight is 342 g/mol. The summed E-state index contributed by atoms with van der Waals surface area (Å²) in [5.74, 6) is 1.10. The third-order valence-electron chi connectivity index (χ3n) is 6.27. The standard InChI is InChI=1S/C22H35N3/c1-6-15(2)23-22-20-13-9-12-19(21(20)14-16(3)24-22)17(4)25(5)18-10-7-8-11-18/h9,12-13,15-18H,6-8,10-11,14H2,1-5H3,(H,23,24)/t15-,16?,17?/m0/s1. The Bertz CT molecular complexity index is 616. The van der Waals surface area contributed by atoms with Crippen LogP contribution in [0.2, 0.25) is 0 Å². The molecule has 2 aliphatic rings. The maximum atomic E-state index is 4.93. The van der Waals surface area contributed by atoms with E-state index in [2.05, 4.69) is 63.2 Å². The van der Waals surface area contributed by atoms with Crippen LogP contribution in [0.5, 0.6) is 0 Å². The van der Waals surface area contributed by atoms with E-state index in [9.17, 15) is 0 Å². The van der Waals surface area contributed by atoms with E-state index >= 15 is 0 Å². The Morgan fingerprint density at radius 3 is 2.64 bits per heavy atom. The predicted octanol–water partition coefficient (Wildman–Crippen LogP) is 4.70. The Balaban J connectivity index is 1.90. The first kappa shape index (κ1) is 18.4. The Morgan fingerprint density at radius 2 is 1.96 bits per heavy atom. The molecular formula is C22H35N3. The maximum Gasteiger partial charge on any atom is 0.129 e. The van der Waals surface area contributed by atoms with Crippen molar-refractivity contribution in [1.29, 1.82) is 0 Å². The summed E-state index contributed by atoms with van der Waals surface area (Å²) in [6.45, 7) is 9.08. The summed E-state index contributed by atoms with van der Waals surface area (Å²) < 4.78 is 0. The van der Waals surface area contributed by atoms with Gasteiger partial charge in [0.05, 0.1) is 6.04 Å². The molecule has 1 aliphatic carbocycles. The number of hydrogen-bond acceptors (Lipinski definition) is 3. The van der Waals surface area contributed by atoms with E-state index in [0.717, 1.165) is 24.7 Å². The summed E-state index contributed by atoms with van der Waals surface area (Å²) >= 11 is 0. The van der Waals surface area contributed by atoms with E-state index in [-0.39, 0.29) is 0 Å². The average Bonchev–Trinajstić information content (AvgIpc) is 3.14. The topological polar surface area (TPSA) is 27.6 Å². The molecule has 25 heavy (non-hydrogen) atoms. The van der Waals surface area contributed by atoms with Gasteiger partial charge in [-0.2, -0.15) is 0 Å². The Labute approximate surface area is 153 Å². The van der Waals surface area contributed by atoms with Gasteiger partial charge in [-0.3, -0.25) is 9.89 Å². The second kappa shape index (κ2) is 7.90. The monoisotopic (exact) mass is 341 g/mol. The van der Waals surface area contributed by atoms with Crippen LogP contribution in [-0.4, -0.2) is 35.9 Å². The van der Waals surface area contributed by atoms with Gasteiger partial charge < -0.3 is 5.32 Å². The van der Waals surface area contributed by atoms with Gasteiger partial charge in [0.25, 0.3) is 0 Å². The first-order valence-corrected chi connectivity index (χ1v) is 10.2. The molecule has 0 amide bonds. The lowest BCUT2D eigenvalue weighted by Crippen LogP contribution is -2.38. The van der Waals surface area contributed by atoms with E-state index in [0.29, 0.717) is 18.1 Å². The van der Waals surface area contributed by atoms with Crippen molar-refractivity contribution in [2.24, 2.45) is 4.99 Å². The molecule has 1 aromatic rings. The quantitative estimate of drug-likeness (QED) is 0.840. The highest BCUT2D eigenvalue weighted by molar-refractivity contribution is 6.01. The van der Waals surface area contributed by atoms with Gasteiger partial charge in [-0.25, -0.2) is 0 Å². The lowest BCUT2D eigenvalue weighted by Gasteiger charge is -2.34. The highest BCUT2D eigenvalue weighted by Gasteiger charge is 2.28. The largest absolute Gasteiger partial charge is 0.367 e.